The second-order valence-corrected chi connectivity index (χ2v) is 7.32. The third-order valence-electron chi connectivity index (χ3n) is 4.54. The van der Waals surface area contributed by atoms with Gasteiger partial charge in [-0.15, -0.1) is 0 Å². The van der Waals surface area contributed by atoms with Gasteiger partial charge >= 0.3 is 5.97 Å². The lowest BCUT2D eigenvalue weighted by Gasteiger charge is -2.16. The maximum absolute atomic E-state index is 12.7. The van der Waals surface area contributed by atoms with Gasteiger partial charge in [0.25, 0.3) is 5.91 Å². The molecule has 0 radical (unpaired) electrons. The largest absolute Gasteiger partial charge is 0.478 e. The second kappa shape index (κ2) is 7.23. The number of nitrogens with two attached hydrogens (primary N) is 1. The van der Waals surface area contributed by atoms with Crippen molar-refractivity contribution < 1.29 is 14.7 Å². The Bertz CT molecular complexity index is 785. The lowest BCUT2D eigenvalue weighted by Crippen LogP contribution is -2.29. The van der Waals surface area contributed by atoms with Crippen LogP contribution in [0.1, 0.15) is 44.6 Å². The molecule has 1 aromatic heterocycles. The number of likely N-dealkylation sites (tertiary alicyclic amines) is 1. The van der Waals surface area contributed by atoms with Gasteiger partial charge < -0.3 is 15.7 Å². The molecule has 132 valence electrons. The summed E-state index contributed by atoms with van der Waals surface area (Å²) in [5, 5.41) is 9.39. The number of rotatable bonds is 5. The number of aromatic nitrogens is 1. The maximum atomic E-state index is 12.7. The molecule has 1 aromatic carbocycles. The third kappa shape index (κ3) is 3.82. The van der Waals surface area contributed by atoms with Gasteiger partial charge in [0, 0.05) is 13.1 Å². The van der Waals surface area contributed by atoms with Gasteiger partial charge in [0.15, 0.2) is 5.13 Å². The molecule has 7 heteroatoms. The van der Waals surface area contributed by atoms with Crippen molar-refractivity contribution in [1.29, 1.82) is 0 Å². The fourth-order valence-corrected chi connectivity index (χ4v) is 4.11. The summed E-state index contributed by atoms with van der Waals surface area (Å²) in [5.74, 6) is -0.510. The Labute approximate surface area is 150 Å². The monoisotopic (exact) mass is 359 g/mol. The van der Waals surface area contributed by atoms with E-state index in [9.17, 15) is 9.59 Å². The Balaban J connectivity index is 1.63. The van der Waals surface area contributed by atoms with Crippen molar-refractivity contribution in [2.45, 2.75) is 26.2 Å². The average Bonchev–Trinajstić information content (AvgIpc) is 3.21. The number of carbonyl (C=O) groups is 2. The van der Waals surface area contributed by atoms with Crippen LogP contribution in [0.3, 0.4) is 0 Å². The highest BCUT2D eigenvalue weighted by molar-refractivity contribution is 7.17. The number of hydrogen-bond acceptors (Lipinski definition) is 5. The number of anilines is 1. The molecule has 0 bridgehead atoms. The molecule has 1 aliphatic heterocycles. The number of hydrogen-bond donors (Lipinski definition) is 2. The number of nitrogens with zero attached hydrogens (tertiary/aromatic N) is 2. The molecule has 1 amide bonds. The zero-order valence-corrected chi connectivity index (χ0v) is 14.9. The molecule has 0 spiro atoms. The number of carboxylic acid groups (broad SMARTS) is 1. The minimum absolute atomic E-state index is 0.0229. The highest BCUT2D eigenvalue weighted by Gasteiger charge is 2.29. The highest BCUT2D eigenvalue weighted by atomic mass is 32.1. The lowest BCUT2D eigenvalue weighted by molar-refractivity contribution is 0.0696. The van der Waals surface area contributed by atoms with E-state index >= 15 is 0 Å². The zero-order chi connectivity index (χ0) is 18.0. The number of carbonyl (C=O) groups excluding carboxylic acids is 1. The fourth-order valence-electron chi connectivity index (χ4n) is 3.22. The van der Waals surface area contributed by atoms with Crippen molar-refractivity contribution in [3.05, 3.63) is 46.0 Å². The van der Waals surface area contributed by atoms with Crippen LogP contribution in [0, 0.1) is 5.92 Å². The van der Waals surface area contributed by atoms with E-state index in [-0.39, 0.29) is 5.91 Å². The molecule has 3 rings (SSSR count). The van der Waals surface area contributed by atoms with E-state index in [1.807, 2.05) is 24.0 Å². The topological polar surface area (TPSA) is 96.5 Å². The number of benzene rings is 1. The first-order valence-electron chi connectivity index (χ1n) is 8.34. The molecule has 0 aliphatic carbocycles. The van der Waals surface area contributed by atoms with E-state index in [0.717, 1.165) is 30.6 Å². The zero-order valence-electron chi connectivity index (χ0n) is 14.1. The number of carboxylic acids is 1. The van der Waals surface area contributed by atoms with Crippen molar-refractivity contribution in [2.75, 3.05) is 18.8 Å². The van der Waals surface area contributed by atoms with Gasteiger partial charge in [-0.1, -0.05) is 30.4 Å². The Morgan fingerprint density at radius 2 is 2.08 bits per heavy atom. The van der Waals surface area contributed by atoms with E-state index in [4.69, 9.17) is 10.8 Å². The van der Waals surface area contributed by atoms with Crippen molar-refractivity contribution in [1.82, 2.24) is 9.88 Å². The molecule has 1 atom stereocenters. The van der Waals surface area contributed by atoms with Crippen LogP contribution >= 0.6 is 11.3 Å². The van der Waals surface area contributed by atoms with Gasteiger partial charge in [0.1, 0.15) is 4.88 Å². The minimum Gasteiger partial charge on any atom is -0.478 e. The first kappa shape index (κ1) is 17.4. The lowest BCUT2D eigenvalue weighted by atomic mass is 9.98. The standard InChI is InChI=1S/C18H21N3O3S/c1-2-14-15(25-18(19)20-14)16(22)21-8-7-12(10-21)9-11-3-5-13(6-4-11)17(23)24/h3-6,12H,2,7-10H2,1H3,(H2,19,20)(H,23,24). The number of thiazole rings is 1. The van der Waals surface area contributed by atoms with Crippen LogP contribution in [0.15, 0.2) is 24.3 Å². The normalized spacial score (nSPS) is 17.0. The molecule has 0 saturated carbocycles. The second-order valence-electron chi connectivity index (χ2n) is 6.29. The van der Waals surface area contributed by atoms with Gasteiger partial charge in [0.05, 0.1) is 11.3 Å². The van der Waals surface area contributed by atoms with Crippen molar-refractivity contribution in [2.24, 2.45) is 5.92 Å². The molecule has 1 aliphatic rings. The molecule has 1 unspecified atom stereocenters. The fraction of sp³-hybridized carbons (Fsp3) is 0.389. The quantitative estimate of drug-likeness (QED) is 0.855. The summed E-state index contributed by atoms with van der Waals surface area (Å²) >= 11 is 1.26. The summed E-state index contributed by atoms with van der Waals surface area (Å²) in [7, 11) is 0. The average molecular weight is 359 g/mol. The Kier molecular flexibility index (Phi) is 5.03. The SMILES string of the molecule is CCc1nc(N)sc1C(=O)N1CCC(Cc2ccc(C(=O)O)cc2)C1. The van der Waals surface area contributed by atoms with E-state index in [1.165, 1.54) is 11.3 Å². The predicted molar refractivity (Wildman–Crippen MR) is 97.0 cm³/mol. The predicted octanol–water partition coefficient (Wildman–Crippen LogP) is 2.69. The molecule has 3 N–H and O–H groups in total. The van der Waals surface area contributed by atoms with Crippen molar-refractivity contribution in [3.63, 3.8) is 0 Å². The van der Waals surface area contributed by atoms with Crippen LogP contribution in [-0.2, 0) is 12.8 Å². The van der Waals surface area contributed by atoms with Gasteiger partial charge in [-0.25, -0.2) is 9.78 Å². The van der Waals surface area contributed by atoms with E-state index in [0.29, 0.717) is 34.5 Å². The van der Waals surface area contributed by atoms with Crippen molar-refractivity contribution in [3.8, 4) is 0 Å². The van der Waals surface area contributed by atoms with Crippen LogP contribution in [-0.4, -0.2) is 40.0 Å². The maximum Gasteiger partial charge on any atom is 0.335 e. The minimum atomic E-state index is -0.917. The van der Waals surface area contributed by atoms with Crippen LogP contribution in [0.4, 0.5) is 5.13 Å². The Hall–Kier alpha value is -2.41. The molecule has 1 fully saturated rings. The van der Waals surface area contributed by atoms with Crippen molar-refractivity contribution >= 4 is 28.3 Å². The molecule has 2 aromatic rings. The summed E-state index contributed by atoms with van der Waals surface area (Å²) in [6.07, 6.45) is 2.49. The van der Waals surface area contributed by atoms with E-state index in [1.54, 1.807) is 12.1 Å². The van der Waals surface area contributed by atoms with Crippen LogP contribution in [0.5, 0.6) is 0 Å². The highest BCUT2D eigenvalue weighted by Crippen LogP contribution is 2.27. The van der Waals surface area contributed by atoms with Crippen LogP contribution in [0.25, 0.3) is 0 Å². The van der Waals surface area contributed by atoms with E-state index < -0.39 is 5.97 Å². The molecule has 6 nitrogen and oxygen atoms in total. The first-order valence-corrected chi connectivity index (χ1v) is 9.16. The molecule has 2 heterocycles. The molecular weight excluding hydrogens is 338 g/mol. The van der Waals surface area contributed by atoms with Crippen LogP contribution in [0.2, 0.25) is 0 Å². The van der Waals surface area contributed by atoms with E-state index in [2.05, 4.69) is 4.98 Å². The number of aryl methyl sites for hydroxylation is 1. The Morgan fingerprint density at radius 1 is 1.36 bits per heavy atom. The van der Waals surface area contributed by atoms with Crippen LogP contribution < -0.4 is 5.73 Å². The summed E-state index contributed by atoms with van der Waals surface area (Å²) in [6.45, 7) is 3.41. The molecule has 1 saturated heterocycles. The number of amides is 1. The smallest absolute Gasteiger partial charge is 0.335 e. The van der Waals surface area contributed by atoms with Gasteiger partial charge in [-0.3, -0.25) is 4.79 Å². The summed E-state index contributed by atoms with van der Waals surface area (Å²) < 4.78 is 0. The summed E-state index contributed by atoms with van der Waals surface area (Å²) in [4.78, 5) is 30.4. The van der Waals surface area contributed by atoms with Gasteiger partial charge in [0.2, 0.25) is 0 Å². The number of aromatic carboxylic acids is 1. The third-order valence-corrected chi connectivity index (χ3v) is 5.46. The summed E-state index contributed by atoms with van der Waals surface area (Å²) in [6, 6.07) is 6.96. The molecular formula is C18H21N3O3S. The summed E-state index contributed by atoms with van der Waals surface area (Å²) in [5.41, 5.74) is 7.92. The number of nitrogen functional groups attached to an aromatic ring is 1. The first-order chi connectivity index (χ1) is 12.0. The van der Waals surface area contributed by atoms with Gasteiger partial charge in [-0.05, 0) is 42.9 Å². The Morgan fingerprint density at radius 3 is 2.72 bits per heavy atom. The molecule has 25 heavy (non-hydrogen) atoms. The van der Waals surface area contributed by atoms with Gasteiger partial charge in [-0.2, -0.15) is 0 Å².